The molecule has 1 aliphatic rings. The lowest BCUT2D eigenvalue weighted by molar-refractivity contribution is 0.0494. The van der Waals surface area contributed by atoms with Crippen LogP contribution >= 0.6 is 11.6 Å². The molecule has 0 unspecified atom stereocenters. The second-order valence-electron chi connectivity index (χ2n) is 2.95. The monoisotopic (exact) mass is 214 g/mol. The highest BCUT2D eigenvalue weighted by atomic mass is 35.5. The average molecular weight is 215 g/mol. The summed E-state index contributed by atoms with van der Waals surface area (Å²) < 4.78 is 5.22. The average Bonchev–Trinajstić information content (AvgIpc) is 2.23. The van der Waals surface area contributed by atoms with E-state index in [0.29, 0.717) is 11.0 Å². The van der Waals surface area contributed by atoms with Crippen molar-refractivity contribution < 1.29 is 4.74 Å². The van der Waals surface area contributed by atoms with Crippen molar-refractivity contribution in [2.45, 2.75) is 0 Å². The van der Waals surface area contributed by atoms with Crippen molar-refractivity contribution >= 4 is 17.4 Å². The number of hydrogen-bond acceptors (Lipinski definition) is 5. The van der Waals surface area contributed by atoms with E-state index in [-0.39, 0.29) is 0 Å². The largest absolute Gasteiger partial charge is 0.379 e. The van der Waals surface area contributed by atoms with Crippen molar-refractivity contribution in [3.63, 3.8) is 0 Å². The number of halogens is 1. The molecule has 0 amide bonds. The van der Waals surface area contributed by atoms with Gasteiger partial charge in [0.1, 0.15) is 0 Å². The van der Waals surface area contributed by atoms with Crippen LogP contribution in [0.15, 0.2) is 12.1 Å². The number of ether oxygens (including phenoxy) is 1. The van der Waals surface area contributed by atoms with Crippen LogP contribution in [-0.2, 0) is 4.74 Å². The lowest BCUT2D eigenvalue weighted by Gasteiger charge is -2.27. The van der Waals surface area contributed by atoms with Crippen LogP contribution in [0.3, 0.4) is 0 Å². The molecule has 0 atom stereocenters. The fourth-order valence-corrected chi connectivity index (χ4v) is 1.31. The van der Waals surface area contributed by atoms with E-state index in [1.807, 2.05) is 5.01 Å². The van der Waals surface area contributed by atoms with Crippen LogP contribution in [0.25, 0.3) is 0 Å². The molecule has 1 saturated heterocycles. The summed E-state index contributed by atoms with van der Waals surface area (Å²) in [5.74, 6) is 0.705. The van der Waals surface area contributed by atoms with Crippen LogP contribution in [0.2, 0.25) is 5.15 Å². The van der Waals surface area contributed by atoms with E-state index in [9.17, 15) is 0 Å². The minimum atomic E-state index is 0.400. The molecule has 5 nitrogen and oxygen atoms in total. The van der Waals surface area contributed by atoms with E-state index >= 15 is 0 Å². The van der Waals surface area contributed by atoms with Gasteiger partial charge in [-0.1, -0.05) is 11.6 Å². The van der Waals surface area contributed by atoms with Crippen LogP contribution in [0.5, 0.6) is 0 Å². The van der Waals surface area contributed by atoms with Crippen LogP contribution in [0.1, 0.15) is 0 Å². The molecule has 0 bridgehead atoms. The Balaban J connectivity index is 1.92. The molecule has 1 fully saturated rings. The van der Waals surface area contributed by atoms with Gasteiger partial charge in [-0.15, -0.1) is 10.2 Å². The van der Waals surface area contributed by atoms with Gasteiger partial charge in [0.2, 0.25) is 0 Å². The summed E-state index contributed by atoms with van der Waals surface area (Å²) in [5, 5.41) is 10.1. The van der Waals surface area contributed by atoms with Gasteiger partial charge < -0.3 is 10.2 Å². The van der Waals surface area contributed by atoms with E-state index in [1.54, 1.807) is 12.1 Å². The van der Waals surface area contributed by atoms with Gasteiger partial charge in [0.15, 0.2) is 11.0 Å². The van der Waals surface area contributed by atoms with Crippen molar-refractivity contribution in [3.05, 3.63) is 17.3 Å². The molecule has 1 N–H and O–H groups in total. The highest BCUT2D eigenvalue weighted by Crippen LogP contribution is 2.07. The number of aromatic nitrogens is 2. The third kappa shape index (κ3) is 2.54. The van der Waals surface area contributed by atoms with Gasteiger partial charge in [-0.3, -0.25) is 0 Å². The summed E-state index contributed by atoms with van der Waals surface area (Å²) in [6.07, 6.45) is 0. The molecular formula is C8H11ClN4O. The Morgan fingerprint density at radius 3 is 2.71 bits per heavy atom. The number of anilines is 1. The second-order valence-corrected chi connectivity index (χ2v) is 3.34. The van der Waals surface area contributed by atoms with Gasteiger partial charge in [-0.2, -0.15) is 0 Å². The first kappa shape index (κ1) is 9.64. The molecule has 14 heavy (non-hydrogen) atoms. The van der Waals surface area contributed by atoms with Crippen LogP contribution in [0.4, 0.5) is 5.82 Å². The highest BCUT2D eigenvalue weighted by Gasteiger charge is 2.10. The normalized spacial score (nSPS) is 18.1. The van der Waals surface area contributed by atoms with Crippen molar-refractivity contribution in [1.82, 2.24) is 15.2 Å². The lowest BCUT2D eigenvalue weighted by atomic mass is 10.5. The van der Waals surface area contributed by atoms with E-state index in [2.05, 4.69) is 15.6 Å². The standard InChI is InChI=1S/C8H11ClN4O/c9-7-1-2-8(11-10-7)12-13-3-5-14-6-4-13/h1-2H,3-6H2,(H,11,12). The molecule has 0 radical (unpaired) electrons. The fraction of sp³-hybridized carbons (Fsp3) is 0.500. The quantitative estimate of drug-likeness (QED) is 0.789. The van der Waals surface area contributed by atoms with Crippen LogP contribution in [-0.4, -0.2) is 41.5 Å². The van der Waals surface area contributed by atoms with Gasteiger partial charge >= 0.3 is 0 Å². The first-order valence-corrected chi connectivity index (χ1v) is 4.81. The molecule has 0 spiro atoms. The minimum Gasteiger partial charge on any atom is -0.379 e. The molecule has 2 heterocycles. The molecule has 1 aliphatic heterocycles. The molecule has 0 aliphatic carbocycles. The Bertz CT molecular complexity index is 286. The zero-order valence-electron chi connectivity index (χ0n) is 7.61. The topological polar surface area (TPSA) is 50.3 Å². The molecular weight excluding hydrogens is 204 g/mol. The summed E-state index contributed by atoms with van der Waals surface area (Å²) in [4.78, 5) is 0. The molecule has 6 heteroatoms. The Morgan fingerprint density at radius 2 is 2.07 bits per heavy atom. The maximum atomic E-state index is 5.62. The predicted octanol–water partition coefficient (Wildman–Crippen LogP) is 0.789. The number of nitrogens with zero attached hydrogens (tertiary/aromatic N) is 3. The van der Waals surface area contributed by atoms with Gasteiger partial charge in [0, 0.05) is 13.1 Å². The summed E-state index contributed by atoms with van der Waals surface area (Å²) in [6, 6.07) is 3.50. The SMILES string of the molecule is Clc1ccc(NN2CCOCC2)nn1. The Morgan fingerprint density at radius 1 is 1.29 bits per heavy atom. The van der Waals surface area contributed by atoms with Crippen LogP contribution < -0.4 is 5.43 Å². The lowest BCUT2D eigenvalue weighted by Crippen LogP contribution is -2.40. The molecule has 76 valence electrons. The van der Waals surface area contributed by atoms with Crippen molar-refractivity contribution in [2.75, 3.05) is 31.7 Å². The minimum absolute atomic E-state index is 0.400. The number of morpholine rings is 1. The zero-order valence-corrected chi connectivity index (χ0v) is 8.37. The summed E-state index contributed by atoms with van der Waals surface area (Å²) in [5.41, 5.74) is 3.13. The fourth-order valence-electron chi connectivity index (χ4n) is 1.21. The van der Waals surface area contributed by atoms with E-state index < -0.39 is 0 Å². The van der Waals surface area contributed by atoms with E-state index in [0.717, 1.165) is 26.3 Å². The number of hydrazine groups is 1. The molecule has 1 aromatic rings. The smallest absolute Gasteiger partial charge is 0.163 e. The third-order valence-corrected chi connectivity index (χ3v) is 2.12. The van der Waals surface area contributed by atoms with Gasteiger partial charge in [0.25, 0.3) is 0 Å². The summed E-state index contributed by atoms with van der Waals surface area (Å²) in [7, 11) is 0. The molecule has 0 saturated carbocycles. The number of hydrogen-bond donors (Lipinski definition) is 1. The second kappa shape index (κ2) is 4.54. The van der Waals surface area contributed by atoms with Crippen molar-refractivity contribution in [3.8, 4) is 0 Å². The molecule has 2 rings (SSSR count). The maximum Gasteiger partial charge on any atom is 0.163 e. The summed E-state index contributed by atoms with van der Waals surface area (Å²) in [6.45, 7) is 3.19. The predicted molar refractivity (Wildman–Crippen MR) is 53.1 cm³/mol. The highest BCUT2D eigenvalue weighted by molar-refractivity contribution is 6.29. The van der Waals surface area contributed by atoms with E-state index in [4.69, 9.17) is 16.3 Å². The first-order valence-electron chi connectivity index (χ1n) is 4.43. The Hall–Kier alpha value is -0.910. The number of nitrogens with one attached hydrogen (secondary N) is 1. The van der Waals surface area contributed by atoms with Gasteiger partial charge in [0.05, 0.1) is 13.2 Å². The molecule has 0 aromatic carbocycles. The number of rotatable bonds is 2. The van der Waals surface area contributed by atoms with Gasteiger partial charge in [-0.25, -0.2) is 5.01 Å². The summed E-state index contributed by atoms with van der Waals surface area (Å²) >= 11 is 5.62. The Kier molecular flexibility index (Phi) is 3.13. The first-order chi connectivity index (χ1) is 6.84. The maximum absolute atomic E-state index is 5.62. The van der Waals surface area contributed by atoms with Gasteiger partial charge in [-0.05, 0) is 12.1 Å². The third-order valence-electron chi connectivity index (χ3n) is 1.92. The van der Waals surface area contributed by atoms with Crippen LogP contribution in [0, 0.1) is 0 Å². The van der Waals surface area contributed by atoms with E-state index in [1.165, 1.54) is 0 Å². The van der Waals surface area contributed by atoms with Crippen molar-refractivity contribution in [2.24, 2.45) is 0 Å². The zero-order chi connectivity index (χ0) is 9.80. The molecule has 1 aromatic heterocycles. The van der Waals surface area contributed by atoms with Crippen molar-refractivity contribution in [1.29, 1.82) is 0 Å². The Labute approximate surface area is 87.0 Å².